The van der Waals surface area contributed by atoms with E-state index in [1.807, 2.05) is 30.5 Å². The Morgan fingerprint density at radius 2 is 1.89 bits per heavy atom. The van der Waals surface area contributed by atoms with Gasteiger partial charge in [0.25, 0.3) is 11.1 Å². The van der Waals surface area contributed by atoms with E-state index in [2.05, 4.69) is 18.4 Å². The van der Waals surface area contributed by atoms with Crippen LogP contribution in [0.3, 0.4) is 0 Å². The van der Waals surface area contributed by atoms with Crippen LogP contribution >= 0.6 is 11.8 Å². The number of rotatable bonds is 4. The molecule has 2 amide bonds. The van der Waals surface area contributed by atoms with Crippen molar-refractivity contribution >= 4 is 45.9 Å². The first-order chi connectivity index (χ1) is 13.1. The van der Waals surface area contributed by atoms with Gasteiger partial charge in [0.05, 0.1) is 4.91 Å². The zero-order valence-electron chi connectivity index (χ0n) is 16.7. The lowest BCUT2D eigenvalue weighted by atomic mass is 10.1. The summed E-state index contributed by atoms with van der Waals surface area (Å²) in [6, 6.07) is 8.19. The minimum Gasteiger partial charge on any atom is -0.459 e. The van der Waals surface area contributed by atoms with Gasteiger partial charge in [0.1, 0.15) is 12.1 Å². The second-order valence-electron chi connectivity index (χ2n) is 7.96. The van der Waals surface area contributed by atoms with Crippen LogP contribution in [-0.4, -0.2) is 38.7 Å². The van der Waals surface area contributed by atoms with Gasteiger partial charge >= 0.3 is 5.97 Å². The highest BCUT2D eigenvalue weighted by molar-refractivity contribution is 8.18. The molecule has 148 valence electrons. The lowest BCUT2D eigenvalue weighted by molar-refractivity contribution is -0.156. The third-order valence-corrected chi connectivity index (χ3v) is 5.10. The summed E-state index contributed by atoms with van der Waals surface area (Å²) in [7, 11) is 0. The quantitative estimate of drug-likeness (QED) is 0.554. The van der Waals surface area contributed by atoms with Crippen molar-refractivity contribution in [1.82, 2.24) is 9.47 Å². The van der Waals surface area contributed by atoms with E-state index >= 15 is 0 Å². The molecule has 0 saturated carbocycles. The summed E-state index contributed by atoms with van der Waals surface area (Å²) in [4.78, 5) is 38.2. The van der Waals surface area contributed by atoms with Crippen LogP contribution in [-0.2, 0) is 14.3 Å². The number of imide groups is 1. The Labute approximate surface area is 168 Å². The summed E-state index contributed by atoms with van der Waals surface area (Å²) >= 11 is 0.844. The van der Waals surface area contributed by atoms with Gasteiger partial charge in [0.2, 0.25) is 0 Å². The molecule has 0 unspecified atom stereocenters. The first kappa shape index (κ1) is 20.2. The SMILES string of the molecule is CC(C)n1cc(C=C2SC(=O)N(CC(=O)OC(C)(C)C)C2=O)c2ccccc21. The number of benzene rings is 1. The zero-order chi connectivity index (χ0) is 20.6. The molecule has 7 heteroatoms. The summed E-state index contributed by atoms with van der Waals surface area (Å²) in [5.74, 6) is -1.07. The predicted octanol–water partition coefficient (Wildman–Crippen LogP) is 4.60. The van der Waals surface area contributed by atoms with Crippen LogP contribution in [0, 0.1) is 0 Å². The van der Waals surface area contributed by atoms with E-state index in [4.69, 9.17) is 4.74 Å². The molecule has 28 heavy (non-hydrogen) atoms. The van der Waals surface area contributed by atoms with E-state index < -0.39 is 22.7 Å². The smallest absolute Gasteiger partial charge is 0.326 e. The number of carbonyl (C=O) groups excluding carboxylic acids is 3. The van der Waals surface area contributed by atoms with Gasteiger partial charge in [0.15, 0.2) is 0 Å². The van der Waals surface area contributed by atoms with E-state index in [0.29, 0.717) is 4.91 Å². The van der Waals surface area contributed by atoms with Crippen LogP contribution in [0.15, 0.2) is 35.4 Å². The maximum atomic E-state index is 12.7. The molecular formula is C21H24N2O4S. The minimum absolute atomic E-state index is 0.259. The molecule has 0 N–H and O–H groups in total. The number of aromatic nitrogens is 1. The Bertz CT molecular complexity index is 982. The number of esters is 1. The van der Waals surface area contributed by atoms with E-state index in [1.165, 1.54) is 0 Å². The highest BCUT2D eigenvalue weighted by Gasteiger charge is 2.37. The highest BCUT2D eigenvalue weighted by Crippen LogP contribution is 2.34. The van der Waals surface area contributed by atoms with Crippen molar-refractivity contribution in [3.63, 3.8) is 0 Å². The van der Waals surface area contributed by atoms with E-state index in [9.17, 15) is 14.4 Å². The Morgan fingerprint density at radius 3 is 2.54 bits per heavy atom. The van der Waals surface area contributed by atoms with Crippen LogP contribution in [0.5, 0.6) is 0 Å². The average Bonchev–Trinajstić information content (AvgIpc) is 3.07. The van der Waals surface area contributed by atoms with Crippen molar-refractivity contribution in [3.8, 4) is 0 Å². The Kier molecular flexibility index (Phi) is 5.39. The average molecular weight is 401 g/mol. The maximum absolute atomic E-state index is 12.7. The second kappa shape index (κ2) is 7.47. The van der Waals surface area contributed by atoms with Gasteiger partial charge in [0, 0.05) is 28.7 Å². The molecule has 6 nitrogen and oxygen atoms in total. The topological polar surface area (TPSA) is 68.6 Å². The number of ether oxygens (including phenoxy) is 1. The van der Waals surface area contributed by atoms with Crippen molar-refractivity contribution < 1.29 is 19.1 Å². The minimum atomic E-state index is -0.673. The fourth-order valence-electron chi connectivity index (χ4n) is 3.05. The van der Waals surface area contributed by atoms with Crippen molar-refractivity contribution in [2.45, 2.75) is 46.3 Å². The predicted molar refractivity (Wildman–Crippen MR) is 111 cm³/mol. The van der Waals surface area contributed by atoms with Gasteiger partial charge in [-0.15, -0.1) is 0 Å². The number of hydrogen-bond donors (Lipinski definition) is 0. The van der Waals surface area contributed by atoms with Gasteiger partial charge in [-0.3, -0.25) is 19.3 Å². The van der Waals surface area contributed by atoms with Gasteiger partial charge in [-0.2, -0.15) is 0 Å². The van der Waals surface area contributed by atoms with Crippen molar-refractivity contribution in [1.29, 1.82) is 0 Å². The number of para-hydroxylation sites is 1. The van der Waals surface area contributed by atoms with Crippen molar-refractivity contribution in [3.05, 3.63) is 40.9 Å². The number of nitrogens with zero attached hydrogens (tertiary/aromatic N) is 2. The standard InChI is InChI=1S/C21H24N2O4S/c1-13(2)22-11-14(15-8-6-7-9-16(15)22)10-17-19(25)23(20(26)28-17)12-18(24)27-21(3,4)5/h6-11,13H,12H2,1-5H3. The molecule has 1 saturated heterocycles. The molecule has 0 aliphatic carbocycles. The number of fused-ring (bicyclic) bond motifs is 1. The maximum Gasteiger partial charge on any atom is 0.326 e. The Balaban J connectivity index is 1.88. The summed E-state index contributed by atoms with van der Waals surface area (Å²) in [6.45, 7) is 9.01. The fraction of sp³-hybridized carbons (Fsp3) is 0.381. The fourth-order valence-corrected chi connectivity index (χ4v) is 3.88. The molecule has 1 aromatic carbocycles. The molecule has 0 spiro atoms. The highest BCUT2D eigenvalue weighted by atomic mass is 32.2. The lowest BCUT2D eigenvalue weighted by Crippen LogP contribution is -2.37. The summed E-state index contributed by atoms with van der Waals surface area (Å²) in [5, 5.41) is 0.546. The number of carbonyl (C=O) groups is 3. The molecule has 1 aromatic heterocycles. The zero-order valence-corrected chi connectivity index (χ0v) is 17.5. The molecular weight excluding hydrogens is 376 g/mol. The van der Waals surface area contributed by atoms with Crippen LogP contribution in [0.4, 0.5) is 4.79 Å². The van der Waals surface area contributed by atoms with Gasteiger partial charge < -0.3 is 9.30 Å². The normalized spacial score (nSPS) is 16.6. The summed E-state index contributed by atoms with van der Waals surface area (Å²) in [6.07, 6.45) is 3.71. The third kappa shape index (κ3) is 4.14. The Hall–Kier alpha value is -2.54. The van der Waals surface area contributed by atoms with Crippen LogP contribution in [0.2, 0.25) is 0 Å². The van der Waals surface area contributed by atoms with E-state index in [1.54, 1.807) is 26.8 Å². The molecule has 1 aliphatic rings. The number of amides is 2. The number of thioether (sulfide) groups is 1. The first-order valence-corrected chi connectivity index (χ1v) is 9.95. The molecule has 2 aromatic rings. The molecule has 1 aliphatic heterocycles. The summed E-state index contributed by atoms with van der Waals surface area (Å²) in [5.41, 5.74) is 1.26. The van der Waals surface area contributed by atoms with Crippen LogP contribution in [0.1, 0.15) is 46.2 Å². The van der Waals surface area contributed by atoms with E-state index in [0.717, 1.165) is 33.1 Å². The second-order valence-corrected chi connectivity index (χ2v) is 8.95. The molecule has 3 rings (SSSR count). The van der Waals surface area contributed by atoms with Gasteiger partial charge in [-0.05, 0) is 58.5 Å². The molecule has 0 atom stereocenters. The lowest BCUT2D eigenvalue weighted by Gasteiger charge is -2.21. The van der Waals surface area contributed by atoms with Crippen LogP contribution < -0.4 is 0 Å². The monoisotopic (exact) mass is 400 g/mol. The third-order valence-electron chi connectivity index (χ3n) is 4.20. The Morgan fingerprint density at radius 1 is 1.21 bits per heavy atom. The largest absolute Gasteiger partial charge is 0.459 e. The first-order valence-electron chi connectivity index (χ1n) is 9.13. The number of hydrogen-bond acceptors (Lipinski definition) is 5. The van der Waals surface area contributed by atoms with Crippen molar-refractivity contribution in [2.75, 3.05) is 6.54 Å². The van der Waals surface area contributed by atoms with Gasteiger partial charge in [-0.1, -0.05) is 18.2 Å². The molecule has 0 radical (unpaired) electrons. The van der Waals surface area contributed by atoms with Gasteiger partial charge in [-0.25, -0.2) is 0 Å². The molecule has 0 bridgehead atoms. The van der Waals surface area contributed by atoms with Crippen LogP contribution in [0.25, 0.3) is 17.0 Å². The van der Waals surface area contributed by atoms with E-state index in [-0.39, 0.29) is 12.6 Å². The molecule has 2 heterocycles. The molecule has 1 fully saturated rings. The van der Waals surface area contributed by atoms with Crippen molar-refractivity contribution in [2.24, 2.45) is 0 Å². The summed E-state index contributed by atoms with van der Waals surface area (Å²) < 4.78 is 7.35.